The summed E-state index contributed by atoms with van der Waals surface area (Å²) in [5.41, 5.74) is 3.75. The van der Waals surface area contributed by atoms with Gasteiger partial charge in [0.1, 0.15) is 12.4 Å². The number of carbonyl (C=O) groups is 2. The summed E-state index contributed by atoms with van der Waals surface area (Å²) in [6, 6.07) is 11.5. The molecule has 1 aliphatic rings. The van der Waals surface area contributed by atoms with Crippen LogP contribution in [0.3, 0.4) is 0 Å². The molecule has 0 spiro atoms. The maximum atomic E-state index is 11.8. The average molecular weight is 397 g/mol. The molecule has 2 heterocycles. The van der Waals surface area contributed by atoms with E-state index in [1.54, 1.807) is 6.08 Å². The van der Waals surface area contributed by atoms with E-state index in [0.29, 0.717) is 18.8 Å². The van der Waals surface area contributed by atoms with Gasteiger partial charge in [0.15, 0.2) is 10.9 Å². The van der Waals surface area contributed by atoms with Gasteiger partial charge in [0.05, 0.1) is 24.0 Å². The van der Waals surface area contributed by atoms with Gasteiger partial charge in [-0.2, -0.15) is 0 Å². The topological polar surface area (TPSA) is 76.5 Å². The third kappa shape index (κ3) is 5.30. The van der Waals surface area contributed by atoms with Crippen molar-refractivity contribution in [3.8, 4) is 5.75 Å². The number of ketones is 1. The molecule has 1 unspecified atom stereocenters. The second kappa shape index (κ2) is 9.66. The predicted octanol–water partition coefficient (Wildman–Crippen LogP) is 3.24. The lowest BCUT2D eigenvalue weighted by Crippen LogP contribution is -2.13. The number of aliphatic hydroxyl groups excluding tert-OH is 1. The van der Waals surface area contributed by atoms with Gasteiger partial charge < -0.3 is 9.84 Å². The van der Waals surface area contributed by atoms with Gasteiger partial charge in [0.25, 0.3) is 0 Å². The number of aromatic nitrogens is 1. The first-order valence-corrected chi connectivity index (χ1v) is 10.2. The lowest BCUT2D eigenvalue weighted by molar-refractivity contribution is -0.121. The highest BCUT2D eigenvalue weighted by molar-refractivity contribution is 8.15. The van der Waals surface area contributed by atoms with E-state index >= 15 is 0 Å². The number of rotatable bonds is 8. The molecule has 6 heteroatoms. The number of Topliss-reactive ketones (excluding diaryl/α,β-unsaturated/α-hetero) is 1. The zero-order valence-corrected chi connectivity index (χ0v) is 16.6. The van der Waals surface area contributed by atoms with Crippen molar-refractivity contribution in [2.75, 3.05) is 13.2 Å². The number of thioether (sulfide) groups is 1. The van der Waals surface area contributed by atoms with Crippen LogP contribution in [-0.4, -0.2) is 39.5 Å². The summed E-state index contributed by atoms with van der Waals surface area (Å²) < 4.78 is 5.85. The summed E-state index contributed by atoms with van der Waals surface area (Å²) in [7, 11) is 0. The largest absolute Gasteiger partial charge is 0.489 e. The Bertz CT molecular complexity index is 859. The second-order valence-electron chi connectivity index (χ2n) is 6.58. The van der Waals surface area contributed by atoms with E-state index in [2.05, 4.69) is 11.9 Å². The number of pyridine rings is 1. The van der Waals surface area contributed by atoms with Crippen molar-refractivity contribution >= 4 is 28.2 Å². The minimum atomic E-state index is -0.268. The van der Waals surface area contributed by atoms with Crippen LogP contribution in [0.2, 0.25) is 0 Å². The van der Waals surface area contributed by atoms with Gasteiger partial charge in [-0.15, -0.1) is 0 Å². The Kier molecular flexibility index (Phi) is 7.01. The number of aliphatic hydroxyl groups is 1. The van der Waals surface area contributed by atoms with E-state index in [1.165, 1.54) is 0 Å². The third-order valence-corrected chi connectivity index (χ3v) is 5.71. The fourth-order valence-corrected chi connectivity index (χ4v) is 3.98. The van der Waals surface area contributed by atoms with Gasteiger partial charge in [-0.3, -0.25) is 14.6 Å². The first-order valence-electron chi connectivity index (χ1n) is 9.28. The van der Waals surface area contributed by atoms with E-state index in [9.17, 15) is 14.7 Å². The Balaban J connectivity index is 1.60. The van der Waals surface area contributed by atoms with Crippen LogP contribution >= 0.6 is 11.8 Å². The summed E-state index contributed by atoms with van der Waals surface area (Å²) in [5.74, 6) is 0.704. The van der Waals surface area contributed by atoms with Gasteiger partial charge in [-0.25, -0.2) is 0 Å². The van der Waals surface area contributed by atoms with Crippen LogP contribution in [0.25, 0.3) is 5.57 Å². The summed E-state index contributed by atoms with van der Waals surface area (Å²) in [4.78, 5) is 27.6. The SMILES string of the molecule is CCc1ccc(C(=CCO)COc2ccc(CC3SC(=O)CC3=O)cc2)nc1. The Morgan fingerprint density at radius 2 is 1.96 bits per heavy atom. The quantitative estimate of drug-likeness (QED) is 0.689. The molecule has 1 aromatic heterocycles. The Morgan fingerprint density at radius 3 is 2.54 bits per heavy atom. The molecule has 0 bridgehead atoms. The molecule has 0 saturated carbocycles. The molecule has 1 saturated heterocycles. The first kappa shape index (κ1) is 20.3. The standard InChI is InChI=1S/C22H23NO4S/c1-2-15-5-8-19(23-13-15)17(9-10-24)14-27-18-6-3-16(4-7-18)11-21-20(25)12-22(26)28-21/h3-9,13,21,24H,2,10-12,14H2,1H3. The molecular formula is C22H23NO4S. The number of carbonyl (C=O) groups excluding carboxylic acids is 2. The number of ether oxygens (including phenoxy) is 1. The van der Waals surface area contributed by atoms with E-state index in [4.69, 9.17) is 4.74 Å². The van der Waals surface area contributed by atoms with Crippen LogP contribution in [0, 0.1) is 0 Å². The molecule has 0 radical (unpaired) electrons. The minimum Gasteiger partial charge on any atom is -0.489 e. The van der Waals surface area contributed by atoms with Crippen LogP contribution < -0.4 is 4.74 Å². The second-order valence-corrected chi connectivity index (χ2v) is 7.84. The van der Waals surface area contributed by atoms with Crippen LogP contribution in [0.15, 0.2) is 48.7 Å². The minimum absolute atomic E-state index is 0.00991. The highest BCUT2D eigenvalue weighted by atomic mass is 32.2. The average Bonchev–Trinajstić information content (AvgIpc) is 3.03. The molecule has 1 fully saturated rings. The molecule has 1 atom stereocenters. The molecule has 1 N–H and O–H groups in total. The lowest BCUT2D eigenvalue weighted by Gasteiger charge is -2.11. The van der Waals surface area contributed by atoms with Crippen molar-refractivity contribution in [3.63, 3.8) is 0 Å². The Labute approximate surface area is 168 Å². The van der Waals surface area contributed by atoms with Crippen molar-refractivity contribution in [2.45, 2.75) is 31.4 Å². The number of hydrogen-bond donors (Lipinski definition) is 1. The lowest BCUT2D eigenvalue weighted by atomic mass is 10.1. The zero-order chi connectivity index (χ0) is 19.9. The van der Waals surface area contributed by atoms with Crippen LogP contribution in [0.5, 0.6) is 5.75 Å². The molecule has 1 aromatic carbocycles. The normalized spacial score (nSPS) is 17.2. The summed E-state index contributed by atoms with van der Waals surface area (Å²) >= 11 is 1.13. The molecule has 3 rings (SSSR count). The first-order chi connectivity index (χ1) is 13.6. The Hall–Kier alpha value is -2.44. The number of nitrogens with zero attached hydrogens (tertiary/aromatic N) is 1. The fourth-order valence-electron chi connectivity index (χ4n) is 2.95. The van der Waals surface area contributed by atoms with E-state index < -0.39 is 0 Å². The molecule has 146 valence electrons. The van der Waals surface area contributed by atoms with Crippen LogP contribution in [0.4, 0.5) is 0 Å². The van der Waals surface area contributed by atoms with Crippen molar-refractivity contribution in [1.82, 2.24) is 4.98 Å². The summed E-state index contributed by atoms with van der Waals surface area (Å²) in [5, 5.41) is 8.98. The number of hydrogen-bond acceptors (Lipinski definition) is 6. The van der Waals surface area contributed by atoms with Gasteiger partial charge >= 0.3 is 0 Å². The van der Waals surface area contributed by atoms with Crippen molar-refractivity contribution in [2.24, 2.45) is 0 Å². The molecular weight excluding hydrogens is 374 g/mol. The van der Waals surface area contributed by atoms with Crippen molar-refractivity contribution < 1.29 is 19.4 Å². The summed E-state index contributed by atoms with van der Waals surface area (Å²) in [6.45, 7) is 2.29. The molecule has 28 heavy (non-hydrogen) atoms. The highest BCUT2D eigenvalue weighted by Gasteiger charge is 2.31. The van der Waals surface area contributed by atoms with Crippen molar-refractivity contribution in [1.29, 1.82) is 0 Å². The predicted molar refractivity (Wildman–Crippen MR) is 110 cm³/mol. The Morgan fingerprint density at radius 1 is 1.21 bits per heavy atom. The van der Waals surface area contributed by atoms with Gasteiger partial charge in [0.2, 0.25) is 0 Å². The van der Waals surface area contributed by atoms with Gasteiger partial charge in [-0.05, 0) is 42.2 Å². The molecule has 5 nitrogen and oxygen atoms in total. The molecule has 1 aliphatic heterocycles. The smallest absolute Gasteiger partial charge is 0.197 e. The molecule has 2 aromatic rings. The van der Waals surface area contributed by atoms with Gasteiger partial charge in [-0.1, -0.05) is 43.0 Å². The van der Waals surface area contributed by atoms with E-state index in [-0.39, 0.29) is 29.2 Å². The zero-order valence-electron chi connectivity index (χ0n) is 15.8. The van der Waals surface area contributed by atoms with Crippen LogP contribution in [-0.2, 0) is 22.4 Å². The fraction of sp³-hybridized carbons (Fsp3) is 0.318. The maximum absolute atomic E-state index is 11.8. The van der Waals surface area contributed by atoms with E-state index in [1.807, 2.05) is 42.6 Å². The number of aryl methyl sites for hydroxylation is 1. The van der Waals surface area contributed by atoms with Crippen LogP contribution in [0.1, 0.15) is 30.2 Å². The monoisotopic (exact) mass is 397 g/mol. The van der Waals surface area contributed by atoms with Crippen molar-refractivity contribution in [3.05, 3.63) is 65.5 Å². The number of benzene rings is 1. The van der Waals surface area contributed by atoms with Gasteiger partial charge in [0, 0.05) is 11.8 Å². The summed E-state index contributed by atoms with van der Waals surface area (Å²) in [6.07, 6.45) is 5.06. The van der Waals surface area contributed by atoms with E-state index in [0.717, 1.165) is 40.6 Å². The molecule has 0 aliphatic carbocycles. The highest BCUT2D eigenvalue weighted by Crippen LogP contribution is 2.28. The third-order valence-electron chi connectivity index (χ3n) is 4.59. The molecule has 0 amide bonds. The maximum Gasteiger partial charge on any atom is 0.197 e.